The summed E-state index contributed by atoms with van der Waals surface area (Å²) in [5, 5.41) is 6.58. The van der Waals surface area contributed by atoms with Gasteiger partial charge in [0.25, 0.3) is 0 Å². The molecule has 27 heavy (non-hydrogen) atoms. The Bertz CT molecular complexity index is 592. The molecule has 2 N–H and O–H groups in total. The Morgan fingerprint density at radius 3 is 2.41 bits per heavy atom. The van der Waals surface area contributed by atoms with Crippen molar-refractivity contribution < 1.29 is 13.9 Å². The number of aryl methyl sites for hydroxylation is 1. The molecule has 0 radical (unpaired) electrons. The third-order valence-corrected chi connectivity index (χ3v) is 4.10. The molecule has 1 aromatic rings. The van der Waals surface area contributed by atoms with Crippen molar-refractivity contribution in [2.24, 2.45) is 4.99 Å². The van der Waals surface area contributed by atoms with Crippen molar-refractivity contribution in [3.05, 3.63) is 23.2 Å². The van der Waals surface area contributed by atoms with Crippen LogP contribution in [0, 0.1) is 6.92 Å². The van der Waals surface area contributed by atoms with Crippen LogP contribution in [0.15, 0.2) is 15.5 Å². The molecule has 0 atom stereocenters. The molecule has 0 unspecified atom stereocenters. The van der Waals surface area contributed by atoms with Gasteiger partial charge >= 0.3 is 5.97 Å². The van der Waals surface area contributed by atoms with Gasteiger partial charge in [-0.05, 0) is 47.6 Å². The van der Waals surface area contributed by atoms with Crippen LogP contribution in [0.4, 0.5) is 0 Å². The fourth-order valence-electron chi connectivity index (χ4n) is 2.85. The maximum Gasteiger partial charge on any atom is 0.341 e. The van der Waals surface area contributed by atoms with E-state index in [2.05, 4.69) is 48.2 Å². The Morgan fingerprint density at radius 2 is 1.89 bits per heavy atom. The maximum atomic E-state index is 11.7. The van der Waals surface area contributed by atoms with E-state index >= 15 is 0 Å². The van der Waals surface area contributed by atoms with E-state index in [1.165, 1.54) is 7.11 Å². The van der Waals surface area contributed by atoms with Crippen molar-refractivity contribution in [2.45, 2.75) is 60.2 Å². The average Bonchev–Trinajstić information content (AvgIpc) is 2.95. The van der Waals surface area contributed by atoms with E-state index in [0.717, 1.165) is 25.6 Å². The van der Waals surface area contributed by atoms with Crippen LogP contribution in [0.3, 0.4) is 0 Å². The van der Waals surface area contributed by atoms with Crippen LogP contribution < -0.4 is 10.6 Å². The fraction of sp³-hybridized carbons (Fsp3) is 0.684. The Kier molecular flexibility index (Phi) is 12.4. The third kappa shape index (κ3) is 8.50. The zero-order chi connectivity index (χ0) is 19.7. The lowest BCUT2D eigenvalue weighted by molar-refractivity contribution is 0.0599. The minimum absolute atomic E-state index is 0. The number of rotatable bonds is 9. The number of carbonyl (C=O) groups excluding carboxylic acids is 1. The molecule has 0 aliphatic heterocycles. The maximum absolute atomic E-state index is 11.7. The van der Waals surface area contributed by atoms with Crippen molar-refractivity contribution in [3.63, 3.8) is 0 Å². The minimum atomic E-state index is -0.394. The second kappa shape index (κ2) is 13.0. The molecule has 1 heterocycles. The van der Waals surface area contributed by atoms with Crippen LogP contribution in [0.1, 0.15) is 56.5 Å². The second-order valence-electron chi connectivity index (χ2n) is 6.72. The van der Waals surface area contributed by atoms with E-state index in [0.29, 0.717) is 35.7 Å². The van der Waals surface area contributed by atoms with E-state index in [1.807, 2.05) is 6.92 Å². The number of halogens is 1. The highest BCUT2D eigenvalue weighted by atomic mass is 127. The van der Waals surface area contributed by atoms with Crippen molar-refractivity contribution in [1.29, 1.82) is 0 Å². The largest absolute Gasteiger partial charge is 0.465 e. The minimum Gasteiger partial charge on any atom is -0.465 e. The number of ether oxygens (including phenoxy) is 1. The summed E-state index contributed by atoms with van der Waals surface area (Å²) in [7, 11) is 1.36. The first kappa shape index (κ1) is 25.7. The molecule has 8 heteroatoms. The van der Waals surface area contributed by atoms with Gasteiger partial charge in [-0.15, -0.1) is 24.0 Å². The van der Waals surface area contributed by atoms with Crippen LogP contribution >= 0.6 is 24.0 Å². The van der Waals surface area contributed by atoms with Gasteiger partial charge in [0.15, 0.2) is 5.96 Å². The number of nitrogens with zero attached hydrogens (tertiary/aromatic N) is 2. The van der Waals surface area contributed by atoms with Gasteiger partial charge in [-0.2, -0.15) is 0 Å². The topological polar surface area (TPSA) is 79.1 Å². The molecule has 0 saturated heterocycles. The third-order valence-electron chi connectivity index (χ3n) is 4.10. The molecule has 0 aromatic carbocycles. The van der Waals surface area contributed by atoms with Gasteiger partial charge in [0.1, 0.15) is 23.6 Å². The van der Waals surface area contributed by atoms with Crippen LogP contribution in [-0.2, 0) is 11.3 Å². The Balaban J connectivity index is 0.00000676. The van der Waals surface area contributed by atoms with E-state index in [9.17, 15) is 4.79 Å². The number of hydrogen-bond donors (Lipinski definition) is 2. The highest BCUT2D eigenvalue weighted by Crippen LogP contribution is 2.16. The highest BCUT2D eigenvalue weighted by molar-refractivity contribution is 14.0. The molecular weight excluding hydrogens is 459 g/mol. The van der Waals surface area contributed by atoms with Gasteiger partial charge in [-0.1, -0.05) is 0 Å². The first-order valence-corrected chi connectivity index (χ1v) is 9.25. The summed E-state index contributed by atoms with van der Waals surface area (Å²) in [6.07, 6.45) is 0. The summed E-state index contributed by atoms with van der Waals surface area (Å²) in [4.78, 5) is 18.6. The number of furan rings is 1. The fourth-order valence-corrected chi connectivity index (χ4v) is 2.85. The van der Waals surface area contributed by atoms with Crippen molar-refractivity contribution in [3.8, 4) is 0 Å². The molecular formula is C19H35IN4O3. The van der Waals surface area contributed by atoms with Gasteiger partial charge in [0, 0.05) is 31.7 Å². The molecule has 0 fully saturated rings. The van der Waals surface area contributed by atoms with E-state index < -0.39 is 5.97 Å². The van der Waals surface area contributed by atoms with Gasteiger partial charge < -0.3 is 19.8 Å². The summed E-state index contributed by atoms with van der Waals surface area (Å²) >= 11 is 0. The molecule has 0 spiro atoms. The average molecular weight is 494 g/mol. The summed E-state index contributed by atoms with van der Waals surface area (Å²) in [5.74, 6) is 1.51. The predicted octanol–water partition coefficient (Wildman–Crippen LogP) is 3.17. The van der Waals surface area contributed by atoms with Gasteiger partial charge in [-0.3, -0.25) is 4.90 Å². The van der Waals surface area contributed by atoms with Crippen LogP contribution in [0.2, 0.25) is 0 Å². The zero-order valence-electron chi connectivity index (χ0n) is 17.6. The molecule has 0 aliphatic rings. The monoisotopic (exact) mass is 494 g/mol. The van der Waals surface area contributed by atoms with E-state index in [4.69, 9.17) is 9.15 Å². The summed E-state index contributed by atoms with van der Waals surface area (Å²) in [6.45, 7) is 15.5. The molecule has 1 aromatic heterocycles. The Morgan fingerprint density at radius 1 is 1.26 bits per heavy atom. The number of esters is 1. The number of methoxy groups -OCH3 is 1. The predicted molar refractivity (Wildman–Crippen MR) is 120 cm³/mol. The lowest BCUT2D eigenvalue weighted by Gasteiger charge is -2.30. The molecule has 0 saturated carbocycles. The van der Waals surface area contributed by atoms with Crippen molar-refractivity contribution >= 4 is 35.9 Å². The quantitative estimate of drug-likeness (QED) is 0.238. The second-order valence-corrected chi connectivity index (χ2v) is 6.72. The summed E-state index contributed by atoms with van der Waals surface area (Å²) in [6, 6.07) is 2.69. The highest BCUT2D eigenvalue weighted by Gasteiger charge is 2.15. The van der Waals surface area contributed by atoms with Gasteiger partial charge in [0.2, 0.25) is 0 Å². The number of carbonyl (C=O) groups is 1. The first-order valence-electron chi connectivity index (χ1n) is 9.25. The van der Waals surface area contributed by atoms with Gasteiger partial charge in [-0.25, -0.2) is 9.79 Å². The number of aliphatic imine (C=N–C) groups is 1. The van der Waals surface area contributed by atoms with Crippen LogP contribution in [-0.4, -0.2) is 55.7 Å². The van der Waals surface area contributed by atoms with Crippen molar-refractivity contribution in [1.82, 2.24) is 15.5 Å². The lowest BCUT2D eigenvalue weighted by Crippen LogP contribution is -2.45. The van der Waals surface area contributed by atoms with Gasteiger partial charge in [0.05, 0.1) is 7.11 Å². The molecule has 0 amide bonds. The zero-order valence-corrected chi connectivity index (χ0v) is 19.9. The number of guanidine groups is 1. The van der Waals surface area contributed by atoms with Crippen LogP contribution in [0.25, 0.3) is 0 Å². The van der Waals surface area contributed by atoms with E-state index in [-0.39, 0.29) is 24.0 Å². The molecule has 156 valence electrons. The van der Waals surface area contributed by atoms with E-state index in [1.54, 1.807) is 13.0 Å². The summed E-state index contributed by atoms with van der Waals surface area (Å²) < 4.78 is 10.3. The Hall–Kier alpha value is -1.29. The standard InChI is InChI=1S/C19H34N4O3.HI/c1-8-20-19(21-9-10-23(13(2)3)14(4)5)22-12-16-11-17(15(6)26-16)18(24)25-7;/h11,13-14H,8-10,12H2,1-7H3,(H2,20,21,22);1H. The first-order chi connectivity index (χ1) is 12.3. The molecule has 0 aliphatic carbocycles. The number of hydrogen-bond acceptors (Lipinski definition) is 5. The lowest BCUT2D eigenvalue weighted by atomic mass is 10.2. The SMILES string of the molecule is CCNC(=NCc1cc(C(=O)OC)c(C)o1)NCCN(C(C)C)C(C)C.I. The van der Waals surface area contributed by atoms with Crippen molar-refractivity contribution in [2.75, 3.05) is 26.7 Å². The summed E-state index contributed by atoms with van der Waals surface area (Å²) in [5.41, 5.74) is 0.445. The number of nitrogens with one attached hydrogen (secondary N) is 2. The normalized spacial score (nSPS) is 11.7. The molecule has 1 rings (SSSR count). The Labute approximate surface area is 180 Å². The van der Waals surface area contributed by atoms with Crippen LogP contribution in [0.5, 0.6) is 0 Å². The molecule has 0 bridgehead atoms. The smallest absolute Gasteiger partial charge is 0.341 e. The molecule has 7 nitrogen and oxygen atoms in total.